The van der Waals surface area contributed by atoms with Crippen LogP contribution < -0.4 is 5.32 Å². The van der Waals surface area contributed by atoms with E-state index in [1.807, 2.05) is 25.4 Å². The first-order valence-electron chi connectivity index (χ1n) is 8.08. The van der Waals surface area contributed by atoms with Crippen LogP contribution in [0, 0.1) is 0 Å². The summed E-state index contributed by atoms with van der Waals surface area (Å²) < 4.78 is 7.06. The van der Waals surface area contributed by atoms with Gasteiger partial charge in [-0.2, -0.15) is 5.10 Å². The molecule has 1 aliphatic carbocycles. The zero-order valence-corrected chi connectivity index (χ0v) is 13.0. The minimum Gasteiger partial charge on any atom is -0.469 e. The molecule has 0 saturated heterocycles. The number of furan rings is 1. The van der Waals surface area contributed by atoms with Crippen molar-refractivity contribution in [1.82, 2.24) is 9.78 Å². The van der Waals surface area contributed by atoms with E-state index in [1.165, 1.54) is 32.1 Å². The van der Waals surface area contributed by atoms with E-state index in [-0.39, 0.29) is 5.91 Å². The quantitative estimate of drug-likeness (QED) is 0.917. The third-order valence-corrected chi connectivity index (χ3v) is 4.30. The van der Waals surface area contributed by atoms with Crippen LogP contribution in [0.2, 0.25) is 0 Å². The Bertz CT molecular complexity index is 610. The van der Waals surface area contributed by atoms with E-state index in [4.69, 9.17) is 4.42 Å². The standard InChI is InChI=1S/C17H23N3O2/c1-20-12-15(17(19-20)13-6-3-2-4-7-13)18-16(21)10-9-14-8-5-11-22-14/h5,8,11-13H,2-4,6-7,9-10H2,1H3,(H,18,21). The van der Waals surface area contributed by atoms with Gasteiger partial charge in [0.1, 0.15) is 5.76 Å². The molecule has 118 valence electrons. The van der Waals surface area contributed by atoms with Crippen molar-refractivity contribution < 1.29 is 9.21 Å². The second-order valence-electron chi connectivity index (χ2n) is 6.06. The molecule has 0 spiro atoms. The van der Waals surface area contributed by atoms with Gasteiger partial charge in [0, 0.05) is 32.0 Å². The van der Waals surface area contributed by atoms with Crippen molar-refractivity contribution in [3.8, 4) is 0 Å². The van der Waals surface area contributed by atoms with E-state index in [1.54, 1.807) is 10.9 Å². The van der Waals surface area contributed by atoms with Gasteiger partial charge in [0.15, 0.2) is 0 Å². The monoisotopic (exact) mass is 301 g/mol. The molecule has 1 amide bonds. The Morgan fingerprint density at radius 1 is 1.41 bits per heavy atom. The van der Waals surface area contributed by atoms with Crippen LogP contribution in [0.1, 0.15) is 55.9 Å². The molecule has 1 saturated carbocycles. The fourth-order valence-electron chi connectivity index (χ4n) is 3.18. The summed E-state index contributed by atoms with van der Waals surface area (Å²) in [6.07, 6.45) is 10.8. The van der Waals surface area contributed by atoms with Crippen molar-refractivity contribution in [2.45, 2.75) is 50.9 Å². The lowest BCUT2D eigenvalue weighted by Gasteiger charge is -2.20. The number of carbonyl (C=O) groups is 1. The van der Waals surface area contributed by atoms with Crippen LogP contribution in [0.5, 0.6) is 0 Å². The lowest BCUT2D eigenvalue weighted by molar-refractivity contribution is -0.116. The number of aromatic nitrogens is 2. The second-order valence-corrected chi connectivity index (χ2v) is 6.06. The minimum absolute atomic E-state index is 0.0152. The lowest BCUT2D eigenvalue weighted by atomic mass is 9.86. The molecule has 0 bridgehead atoms. The predicted molar refractivity (Wildman–Crippen MR) is 84.7 cm³/mol. The summed E-state index contributed by atoms with van der Waals surface area (Å²) in [5.41, 5.74) is 1.92. The molecule has 0 radical (unpaired) electrons. The predicted octanol–water partition coefficient (Wildman–Crippen LogP) is 3.63. The van der Waals surface area contributed by atoms with Gasteiger partial charge in [-0.1, -0.05) is 19.3 Å². The highest BCUT2D eigenvalue weighted by atomic mass is 16.3. The molecular weight excluding hydrogens is 278 g/mol. The largest absolute Gasteiger partial charge is 0.469 e. The molecule has 2 heterocycles. The topological polar surface area (TPSA) is 60.1 Å². The highest BCUT2D eigenvalue weighted by Crippen LogP contribution is 2.35. The number of nitrogens with one attached hydrogen (secondary N) is 1. The van der Waals surface area contributed by atoms with Crippen LogP contribution in [0.4, 0.5) is 5.69 Å². The van der Waals surface area contributed by atoms with E-state index in [2.05, 4.69) is 10.4 Å². The molecule has 5 nitrogen and oxygen atoms in total. The lowest BCUT2D eigenvalue weighted by Crippen LogP contribution is -2.15. The fourth-order valence-corrected chi connectivity index (χ4v) is 3.18. The van der Waals surface area contributed by atoms with Gasteiger partial charge < -0.3 is 9.73 Å². The van der Waals surface area contributed by atoms with Crippen molar-refractivity contribution in [3.05, 3.63) is 36.0 Å². The highest BCUT2D eigenvalue weighted by Gasteiger charge is 2.22. The van der Waals surface area contributed by atoms with Gasteiger partial charge >= 0.3 is 0 Å². The average molecular weight is 301 g/mol. The molecule has 1 aliphatic rings. The van der Waals surface area contributed by atoms with Gasteiger partial charge in [0.25, 0.3) is 0 Å². The number of hydrogen-bond acceptors (Lipinski definition) is 3. The summed E-state index contributed by atoms with van der Waals surface area (Å²) in [7, 11) is 1.91. The zero-order valence-electron chi connectivity index (χ0n) is 13.0. The Morgan fingerprint density at radius 3 is 2.95 bits per heavy atom. The van der Waals surface area contributed by atoms with Gasteiger partial charge in [-0.25, -0.2) is 0 Å². The number of hydrogen-bond donors (Lipinski definition) is 1. The minimum atomic E-state index is 0.0152. The van der Waals surface area contributed by atoms with Crippen LogP contribution in [0.3, 0.4) is 0 Å². The molecule has 2 aromatic rings. The van der Waals surface area contributed by atoms with Crippen molar-refractivity contribution in [2.75, 3.05) is 5.32 Å². The van der Waals surface area contributed by atoms with E-state index >= 15 is 0 Å². The number of aryl methyl sites for hydroxylation is 2. The van der Waals surface area contributed by atoms with Crippen LogP contribution in [-0.4, -0.2) is 15.7 Å². The highest BCUT2D eigenvalue weighted by molar-refractivity contribution is 5.91. The second kappa shape index (κ2) is 6.81. The summed E-state index contributed by atoms with van der Waals surface area (Å²) in [6, 6.07) is 3.74. The molecule has 3 rings (SSSR count). The first-order chi connectivity index (χ1) is 10.7. The van der Waals surface area contributed by atoms with E-state index in [0.29, 0.717) is 18.8 Å². The Balaban J connectivity index is 1.62. The number of amides is 1. The maximum absolute atomic E-state index is 12.2. The molecule has 5 heteroatoms. The Morgan fingerprint density at radius 2 is 2.23 bits per heavy atom. The molecule has 0 aromatic carbocycles. The molecule has 0 aliphatic heterocycles. The molecule has 1 N–H and O–H groups in total. The summed E-state index contributed by atoms with van der Waals surface area (Å²) >= 11 is 0. The average Bonchev–Trinajstić information content (AvgIpc) is 3.16. The van der Waals surface area contributed by atoms with Gasteiger partial charge in [0.05, 0.1) is 17.6 Å². The first kappa shape index (κ1) is 14.9. The SMILES string of the molecule is Cn1cc(NC(=O)CCc2ccco2)c(C2CCCCC2)n1. The number of rotatable bonds is 5. The molecular formula is C17H23N3O2. The summed E-state index contributed by atoms with van der Waals surface area (Å²) in [5, 5.41) is 7.61. The number of anilines is 1. The van der Waals surface area contributed by atoms with Crippen LogP contribution in [-0.2, 0) is 18.3 Å². The smallest absolute Gasteiger partial charge is 0.224 e. The van der Waals surface area contributed by atoms with Crippen molar-refractivity contribution in [2.24, 2.45) is 7.05 Å². The fraction of sp³-hybridized carbons (Fsp3) is 0.529. The Labute approximate surface area is 130 Å². The third-order valence-electron chi connectivity index (χ3n) is 4.30. The Hall–Kier alpha value is -2.04. The van der Waals surface area contributed by atoms with Gasteiger partial charge in [0.2, 0.25) is 5.91 Å². The van der Waals surface area contributed by atoms with Gasteiger partial charge in [-0.05, 0) is 25.0 Å². The normalized spacial score (nSPS) is 15.9. The van der Waals surface area contributed by atoms with Crippen LogP contribution in [0.25, 0.3) is 0 Å². The maximum atomic E-state index is 12.2. The van der Waals surface area contributed by atoms with Crippen molar-refractivity contribution in [1.29, 1.82) is 0 Å². The number of carbonyl (C=O) groups excluding carboxylic acids is 1. The first-order valence-corrected chi connectivity index (χ1v) is 8.08. The summed E-state index contributed by atoms with van der Waals surface area (Å²) in [4.78, 5) is 12.2. The molecule has 1 fully saturated rings. The molecule has 0 unspecified atom stereocenters. The van der Waals surface area contributed by atoms with Crippen molar-refractivity contribution >= 4 is 11.6 Å². The molecule has 0 atom stereocenters. The van der Waals surface area contributed by atoms with Crippen molar-refractivity contribution in [3.63, 3.8) is 0 Å². The Kier molecular flexibility index (Phi) is 4.61. The molecule has 22 heavy (non-hydrogen) atoms. The van der Waals surface area contributed by atoms with E-state index in [9.17, 15) is 4.79 Å². The summed E-state index contributed by atoms with van der Waals surface area (Å²) in [5.74, 6) is 1.34. The van der Waals surface area contributed by atoms with E-state index < -0.39 is 0 Å². The van der Waals surface area contributed by atoms with Crippen LogP contribution in [0.15, 0.2) is 29.0 Å². The maximum Gasteiger partial charge on any atom is 0.224 e. The van der Waals surface area contributed by atoms with Gasteiger partial charge in [-0.3, -0.25) is 9.48 Å². The van der Waals surface area contributed by atoms with Crippen LogP contribution >= 0.6 is 0 Å². The molecule has 2 aromatic heterocycles. The van der Waals surface area contributed by atoms with Gasteiger partial charge in [-0.15, -0.1) is 0 Å². The van der Waals surface area contributed by atoms with E-state index in [0.717, 1.165) is 17.1 Å². The number of nitrogens with zero attached hydrogens (tertiary/aromatic N) is 2. The zero-order chi connectivity index (χ0) is 15.4. The third kappa shape index (κ3) is 3.59. The summed E-state index contributed by atoms with van der Waals surface area (Å²) in [6.45, 7) is 0.